The second-order valence-electron chi connectivity index (χ2n) is 5.27. The van der Waals surface area contributed by atoms with E-state index in [2.05, 4.69) is 0 Å². The number of aliphatic hydroxyl groups excluding tert-OH is 1. The zero-order chi connectivity index (χ0) is 15.6. The lowest BCUT2D eigenvalue weighted by molar-refractivity contribution is 0.178. The van der Waals surface area contributed by atoms with Gasteiger partial charge < -0.3 is 10.8 Å². The minimum Gasteiger partial charge on any atom is -0.395 e. The molecule has 0 atom stereocenters. The minimum absolute atomic E-state index is 0.00295. The van der Waals surface area contributed by atoms with Crippen LogP contribution in [0.25, 0.3) is 0 Å². The van der Waals surface area contributed by atoms with Crippen molar-refractivity contribution < 1.29 is 13.5 Å². The fourth-order valence-corrected chi connectivity index (χ4v) is 4.50. The van der Waals surface area contributed by atoms with Crippen molar-refractivity contribution in [1.29, 1.82) is 0 Å². The summed E-state index contributed by atoms with van der Waals surface area (Å²) in [5.41, 5.74) is 6.83. The maximum absolute atomic E-state index is 12.8. The smallest absolute Gasteiger partial charge is 0.243 e. The molecule has 1 aromatic carbocycles. The molecule has 0 bridgehead atoms. The highest BCUT2D eigenvalue weighted by Crippen LogP contribution is 2.31. The fraction of sp³-hybridized carbons (Fsp3) is 0.500. The number of hydrogen-bond acceptors (Lipinski definition) is 4. The Labute approximate surface area is 130 Å². The maximum Gasteiger partial charge on any atom is 0.243 e. The predicted octanol–water partition coefficient (Wildman–Crippen LogP) is 1.16. The van der Waals surface area contributed by atoms with E-state index in [-0.39, 0.29) is 29.1 Å². The van der Waals surface area contributed by atoms with E-state index in [4.69, 9.17) is 23.1 Å². The lowest BCUT2D eigenvalue weighted by Crippen LogP contribution is -2.45. The molecule has 1 aliphatic rings. The number of aliphatic hydroxyl groups is 1. The number of aryl methyl sites for hydroxylation is 1. The number of benzene rings is 1. The van der Waals surface area contributed by atoms with Crippen molar-refractivity contribution in [3.63, 3.8) is 0 Å². The van der Waals surface area contributed by atoms with E-state index < -0.39 is 10.0 Å². The molecule has 5 nitrogen and oxygen atoms in total. The van der Waals surface area contributed by atoms with Crippen LogP contribution in [0.2, 0.25) is 0 Å². The molecule has 0 radical (unpaired) electrons. The lowest BCUT2D eigenvalue weighted by Gasteiger charge is -2.36. The highest BCUT2D eigenvalue weighted by molar-refractivity contribution is 7.89. The predicted molar refractivity (Wildman–Crippen MR) is 85.7 cm³/mol. The topological polar surface area (TPSA) is 83.6 Å². The average Bonchev–Trinajstić information content (AvgIpc) is 2.35. The molecular weight excluding hydrogens is 308 g/mol. The van der Waals surface area contributed by atoms with Crippen LogP contribution in [-0.2, 0) is 10.0 Å². The van der Waals surface area contributed by atoms with Crippen LogP contribution in [0.3, 0.4) is 0 Å². The van der Waals surface area contributed by atoms with Gasteiger partial charge in [0.2, 0.25) is 10.0 Å². The lowest BCUT2D eigenvalue weighted by atomic mass is 9.93. The Morgan fingerprint density at radius 3 is 2.57 bits per heavy atom. The monoisotopic (exact) mass is 328 g/mol. The summed E-state index contributed by atoms with van der Waals surface area (Å²) in [5, 5.41) is 9.16. The molecule has 7 heteroatoms. The second kappa shape index (κ2) is 6.39. The van der Waals surface area contributed by atoms with Crippen LogP contribution < -0.4 is 5.73 Å². The van der Waals surface area contributed by atoms with Gasteiger partial charge in [0.1, 0.15) is 4.99 Å². The molecule has 0 spiro atoms. The van der Waals surface area contributed by atoms with Gasteiger partial charge in [-0.1, -0.05) is 24.7 Å². The van der Waals surface area contributed by atoms with Crippen molar-refractivity contribution >= 4 is 27.2 Å². The Bertz CT molecular complexity index is 640. The first-order valence-electron chi connectivity index (χ1n) is 6.91. The summed E-state index contributed by atoms with van der Waals surface area (Å²) in [4.78, 5) is 0.496. The largest absolute Gasteiger partial charge is 0.395 e. The van der Waals surface area contributed by atoms with Gasteiger partial charge in [-0.25, -0.2) is 8.42 Å². The number of hydrogen-bond donors (Lipinski definition) is 2. The van der Waals surface area contributed by atoms with E-state index in [0.29, 0.717) is 11.1 Å². The van der Waals surface area contributed by atoms with Gasteiger partial charge in [-0.2, -0.15) is 4.31 Å². The van der Waals surface area contributed by atoms with E-state index in [1.807, 2.05) is 0 Å². The summed E-state index contributed by atoms with van der Waals surface area (Å²) in [6.45, 7) is 1.68. The summed E-state index contributed by atoms with van der Waals surface area (Å²) in [7, 11) is -3.61. The second-order valence-corrected chi connectivity index (χ2v) is 7.57. The Hall–Kier alpha value is -1.02. The van der Waals surface area contributed by atoms with Crippen LogP contribution in [0, 0.1) is 6.92 Å². The van der Waals surface area contributed by atoms with Crippen LogP contribution in [0.5, 0.6) is 0 Å². The molecule has 0 amide bonds. The molecule has 1 aromatic rings. The van der Waals surface area contributed by atoms with Crippen LogP contribution in [-0.4, -0.2) is 42.0 Å². The average molecular weight is 328 g/mol. The number of sulfonamides is 1. The van der Waals surface area contributed by atoms with Gasteiger partial charge in [0, 0.05) is 18.2 Å². The zero-order valence-electron chi connectivity index (χ0n) is 11.9. The van der Waals surface area contributed by atoms with Crippen molar-refractivity contribution in [2.45, 2.75) is 37.1 Å². The van der Waals surface area contributed by atoms with Crippen LogP contribution in [0.1, 0.15) is 30.4 Å². The Kier molecular flexibility index (Phi) is 4.98. The van der Waals surface area contributed by atoms with Crippen molar-refractivity contribution in [2.75, 3.05) is 13.2 Å². The maximum atomic E-state index is 12.8. The van der Waals surface area contributed by atoms with Gasteiger partial charge in [-0.3, -0.25) is 0 Å². The van der Waals surface area contributed by atoms with Gasteiger partial charge in [0.25, 0.3) is 0 Å². The van der Waals surface area contributed by atoms with Gasteiger partial charge in [-0.05, 0) is 37.5 Å². The third kappa shape index (κ3) is 3.26. The standard InChI is InChI=1S/C14H20N2O3S2/c1-10-9-11(14(15)20)5-6-13(10)21(18,19)16(7-8-17)12-3-2-4-12/h5-6,9,12,17H,2-4,7-8H2,1H3,(H2,15,20). The Balaban J connectivity index is 2.39. The van der Waals surface area contributed by atoms with Crippen LogP contribution >= 0.6 is 12.2 Å². The summed E-state index contributed by atoms with van der Waals surface area (Å²) >= 11 is 4.91. The van der Waals surface area contributed by atoms with Crippen molar-refractivity contribution in [3.05, 3.63) is 29.3 Å². The quantitative estimate of drug-likeness (QED) is 0.766. The Morgan fingerprint density at radius 1 is 1.48 bits per heavy atom. The first-order valence-corrected chi connectivity index (χ1v) is 8.76. The number of rotatable bonds is 6. The number of nitrogens with zero attached hydrogens (tertiary/aromatic N) is 1. The molecule has 0 unspecified atom stereocenters. The zero-order valence-corrected chi connectivity index (χ0v) is 13.6. The van der Waals surface area contributed by atoms with Crippen LogP contribution in [0.15, 0.2) is 23.1 Å². The van der Waals surface area contributed by atoms with Crippen molar-refractivity contribution in [1.82, 2.24) is 4.31 Å². The Morgan fingerprint density at radius 2 is 2.14 bits per heavy atom. The summed E-state index contributed by atoms with van der Waals surface area (Å²) in [6.07, 6.45) is 2.73. The highest BCUT2D eigenvalue weighted by atomic mass is 32.2. The normalized spacial score (nSPS) is 16.0. The summed E-state index contributed by atoms with van der Waals surface area (Å²) < 4.78 is 27.0. The molecule has 21 heavy (non-hydrogen) atoms. The first-order chi connectivity index (χ1) is 9.87. The van der Waals surface area contributed by atoms with E-state index in [0.717, 1.165) is 19.3 Å². The van der Waals surface area contributed by atoms with E-state index in [9.17, 15) is 8.42 Å². The molecule has 0 aliphatic heterocycles. The van der Waals surface area contributed by atoms with Crippen molar-refractivity contribution in [2.24, 2.45) is 5.73 Å². The summed E-state index contributed by atoms with van der Waals surface area (Å²) in [6, 6.07) is 4.85. The summed E-state index contributed by atoms with van der Waals surface area (Å²) in [5.74, 6) is 0. The van der Waals surface area contributed by atoms with Gasteiger partial charge in [0.15, 0.2) is 0 Å². The van der Waals surface area contributed by atoms with E-state index >= 15 is 0 Å². The van der Waals surface area contributed by atoms with Gasteiger partial charge >= 0.3 is 0 Å². The first kappa shape index (κ1) is 16.4. The third-order valence-corrected chi connectivity index (χ3v) is 6.20. The van der Waals surface area contributed by atoms with E-state index in [1.165, 1.54) is 4.31 Å². The number of nitrogens with two attached hydrogens (primary N) is 1. The molecular formula is C14H20N2O3S2. The molecule has 1 fully saturated rings. The molecule has 0 aromatic heterocycles. The highest BCUT2D eigenvalue weighted by Gasteiger charge is 2.35. The third-order valence-electron chi connectivity index (χ3n) is 3.85. The molecule has 1 saturated carbocycles. The molecule has 0 heterocycles. The molecule has 116 valence electrons. The van der Waals surface area contributed by atoms with E-state index in [1.54, 1.807) is 25.1 Å². The minimum atomic E-state index is -3.61. The SMILES string of the molecule is Cc1cc(C(N)=S)ccc1S(=O)(=O)N(CCO)C1CCC1. The fourth-order valence-electron chi connectivity index (χ4n) is 2.49. The van der Waals surface area contributed by atoms with Gasteiger partial charge in [-0.15, -0.1) is 0 Å². The molecule has 2 rings (SSSR count). The van der Waals surface area contributed by atoms with Crippen molar-refractivity contribution in [3.8, 4) is 0 Å². The molecule has 0 saturated heterocycles. The molecule has 3 N–H and O–H groups in total. The molecule has 1 aliphatic carbocycles. The van der Waals surface area contributed by atoms with Gasteiger partial charge in [0.05, 0.1) is 11.5 Å². The van der Waals surface area contributed by atoms with Crippen LogP contribution in [0.4, 0.5) is 0 Å². The number of thiocarbonyl (C=S) groups is 1.